The van der Waals surface area contributed by atoms with Gasteiger partial charge in [0.1, 0.15) is 0 Å². The van der Waals surface area contributed by atoms with Crippen LogP contribution in [-0.4, -0.2) is 19.9 Å². The zero-order valence-electron chi connectivity index (χ0n) is 28.5. The van der Waals surface area contributed by atoms with Crippen molar-refractivity contribution in [2.75, 3.05) is 0 Å². The Labute approximate surface area is 292 Å². The van der Waals surface area contributed by atoms with E-state index in [-0.39, 0.29) is 0 Å². The predicted molar refractivity (Wildman–Crippen MR) is 207 cm³/mol. The number of rotatable bonds is 5. The van der Waals surface area contributed by atoms with Gasteiger partial charge in [0, 0.05) is 61.4 Å². The number of para-hydroxylation sites is 1. The van der Waals surface area contributed by atoms with Gasteiger partial charge in [-0.3, -0.25) is 4.98 Å². The van der Waals surface area contributed by atoms with E-state index in [4.69, 9.17) is 19.9 Å². The van der Waals surface area contributed by atoms with Crippen LogP contribution in [0.2, 0.25) is 0 Å². The highest BCUT2D eigenvalue weighted by atomic mass is 14.9. The maximum Gasteiger partial charge on any atom is 0.160 e. The first-order chi connectivity index (χ1) is 24.6. The van der Waals surface area contributed by atoms with E-state index in [0.717, 1.165) is 72.7 Å². The maximum absolute atomic E-state index is 5.31. The quantitative estimate of drug-likeness (QED) is 0.138. The summed E-state index contributed by atoms with van der Waals surface area (Å²) in [6.07, 6.45) is 6.16. The van der Waals surface area contributed by atoms with Crippen molar-refractivity contribution in [3.63, 3.8) is 0 Å². The summed E-state index contributed by atoms with van der Waals surface area (Å²) >= 11 is 0. The lowest BCUT2D eigenvalue weighted by atomic mass is 9.86. The van der Waals surface area contributed by atoms with E-state index in [2.05, 4.69) is 134 Å². The van der Waals surface area contributed by atoms with Crippen LogP contribution in [0.4, 0.5) is 0 Å². The summed E-state index contributed by atoms with van der Waals surface area (Å²) in [4.78, 5) is 20.6. The van der Waals surface area contributed by atoms with E-state index < -0.39 is 0 Å². The Morgan fingerprint density at radius 2 is 1.24 bits per heavy atom. The highest BCUT2D eigenvalue weighted by molar-refractivity contribution is 6.16. The highest BCUT2D eigenvalue weighted by Gasteiger charge is 2.22. The van der Waals surface area contributed by atoms with Crippen molar-refractivity contribution in [1.82, 2.24) is 19.9 Å². The van der Waals surface area contributed by atoms with Gasteiger partial charge in [0.05, 0.1) is 16.7 Å². The Hall–Kier alpha value is -5.74. The molecule has 3 aromatic heterocycles. The Morgan fingerprint density at radius 3 is 2.06 bits per heavy atom. The van der Waals surface area contributed by atoms with Gasteiger partial charge in [0.2, 0.25) is 0 Å². The molecule has 3 heterocycles. The molecule has 0 unspecified atom stereocenters. The van der Waals surface area contributed by atoms with Gasteiger partial charge in [-0.1, -0.05) is 128 Å². The molecular weight excluding hydrogens is 609 g/mol. The molecule has 1 fully saturated rings. The Kier molecular flexibility index (Phi) is 7.65. The minimum Gasteiger partial charge on any atom is -0.258 e. The van der Waals surface area contributed by atoms with Crippen molar-refractivity contribution in [1.29, 1.82) is 0 Å². The zero-order valence-corrected chi connectivity index (χ0v) is 28.5. The van der Waals surface area contributed by atoms with Crippen LogP contribution in [0.3, 0.4) is 0 Å². The lowest BCUT2D eigenvalue weighted by Crippen LogP contribution is -2.09. The van der Waals surface area contributed by atoms with E-state index in [9.17, 15) is 0 Å². The highest BCUT2D eigenvalue weighted by Crippen LogP contribution is 2.40. The third-order valence-electron chi connectivity index (χ3n) is 10.5. The zero-order chi connectivity index (χ0) is 33.6. The molecule has 1 aliphatic carbocycles. The Bertz CT molecular complexity index is 2550. The lowest BCUT2D eigenvalue weighted by Gasteiger charge is -2.22. The van der Waals surface area contributed by atoms with Gasteiger partial charge in [0.15, 0.2) is 5.82 Å². The smallest absolute Gasteiger partial charge is 0.160 e. The summed E-state index contributed by atoms with van der Waals surface area (Å²) < 4.78 is 0. The van der Waals surface area contributed by atoms with Crippen molar-refractivity contribution >= 4 is 32.6 Å². The lowest BCUT2D eigenvalue weighted by molar-refractivity contribution is 0.436. The van der Waals surface area contributed by atoms with E-state index in [0.29, 0.717) is 5.92 Å². The number of hydrogen-bond donors (Lipinski definition) is 0. The molecule has 0 atom stereocenters. The van der Waals surface area contributed by atoms with Gasteiger partial charge < -0.3 is 0 Å². The number of nitrogens with zero attached hydrogens (tertiary/aromatic N) is 4. The summed E-state index contributed by atoms with van der Waals surface area (Å²) in [6, 6.07) is 45.5. The van der Waals surface area contributed by atoms with Crippen molar-refractivity contribution in [2.24, 2.45) is 0 Å². The number of hydrogen-bond acceptors (Lipinski definition) is 4. The fourth-order valence-electron chi connectivity index (χ4n) is 7.97. The van der Waals surface area contributed by atoms with Crippen molar-refractivity contribution in [2.45, 2.75) is 51.9 Å². The van der Waals surface area contributed by atoms with E-state index in [1.807, 2.05) is 6.92 Å². The van der Waals surface area contributed by atoms with Crippen LogP contribution in [0, 0.1) is 13.8 Å². The standard InChI is InChI=1S/C46H38N4/c1-29-20-26-35(30(2)47-29)37-16-8-9-17-38(37)46-49-42(32-13-4-3-5-14-32)28-43(50-46)33-21-23-34(24-22-33)44-39-18-10-11-19-41(39)48-45-36-15-7-6-12-31(36)25-27-40(44)45/h6-12,15-28,32H,3-5,13-14H2,1-2H3. The van der Waals surface area contributed by atoms with Crippen LogP contribution in [0.25, 0.3) is 77.5 Å². The first-order valence-corrected chi connectivity index (χ1v) is 17.8. The van der Waals surface area contributed by atoms with Crippen molar-refractivity contribution < 1.29 is 0 Å². The minimum atomic E-state index is 0.447. The van der Waals surface area contributed by atoms with Crippen LogP contribution >= 0.6 is 0 Å². The molecule has 5 aromatic carbocycles. The topological polar surface area (TPSA) is 51.6 Å². The third-order valence-corrected chi connectivity index (χ3v) is 10.5. The Morgan fingerprint density at radius 1 is 0.520 bits per heavy atom. The molecule has 0 amide bonds. The Balaban J connectivity index is 1.19. The molecular formula is C46H38N4. The normalized spacial score (nSPS) is 13.7. The molecule has 0 spiro atoms. The SMILES string of the molecule is Cc1ccc(-c2ccccc2-c2nc(-c3ccc(-c4c5ccccc5nc5c4ccc4ccccc45)cc3)cc(C3CCCCC3)n2)c(C)n1. The maximum atomic E-state index is 5.31. The fraction of sp³-hybridized carbons (Fsp3) is 0.174. The second kappa shape index (κ2) is 12.6. The molecule has 0 aliphatic heterocycles. The summed E-state index contributed by atoms with van der Waals surface area (Å²) in [5, 5.41) is 4.70. The van der Waals surface area contributed by atoms with Gasteiger partial charge >= 0.3 is 0 Å². The minimum absolute atomic E-state index is 0.447. The molecule has 8 aromatic rings. The molecule has 50 heavy (non-hydrogen) atoms. The number of aryl methyl sites for hydroxylation is 2. The second-order valence-corrected chi connectivity index (χ2v) is 13.7. The van der Waals surface area contributed by atoms with Crippen LogP contribution < -0.4 is 0 Å². The summed E-state index contributed by atoms with van der Waals surface area (Å²) in [5.74, 6) is 1.23. The molecule has 242 valence electrons. The molecule has 1 saturated carbocycles. The summed E-state index contributed by atoms with van der Waals surface area (Å²) in [5.41, 5.74) is 12.9. The van der Waals surface area contributed by atoms with Crippen molar-refractivity contribution in [3.8, 4) is 44.9 Å². The molecule has 1 aliphatic rings. The molecule has 0 radical (unpaired) electrons. The van der Waals surface area contributed by atoms with Crippen LogP contribution in [0.5, 0.6) is 0 Å². The largest absolute Gasteiger partial charge is 0.258 e. The van der Waals surface area contributed by atoms with Crippen molar-refractivity contribution in [3.05, 3.63) is 144 Å². The summed E-state index contributed by atoms with van der Waals surface area (Å²) in [7, 11) is 0. The van der Waals surface area contributed by atoms with Crippen LogP contribution in [0.15, 0.2) is 127 Å². The van der Waals surface area contributed by atoms with E-state index in [1.165, 1.54) is 54.0 Å². The van der Waals surface area contributed by atoms with Crippen LogP contribution in [0.1, 0.15) is 55.1 Å². The average molecular weight is 647 g/mol. The fourth-order valence-corrected chi connectivity index (χ4v) is 7.97. The third kappa shape index (κ3) is 5.42. The number of fused-ring (bicyclic) bond motifs is 4. The van der Waals surface area contributed by atoms with Gasteiger partial charge in [-0.05, 0) is 61.4 Å². The van der Waals surface area contributed by atoms with Gasteiger partial charge in [0.25, 0.3) is 0 Å². The molecule has 4 nitrogen and oxygen atoms in total. The van der Waals surface area contributed by atoms with Gasteiger partial charge in [-0.15, -0.1) is 0 Å². The van der Waals surface area contributed by atoms with Gasteiger partial charge in [-0.25, -0.2) is 15.0 Å². The number of benzene rings is 5. The molecule has 4 heteroatoms. The van der Waals surface area contributed by atoms with E-state index >= 15 is 0 Å². The molecule has 0 N–H and O–H groups in total. The number of aromatic nitrogens is 4. The predicted octanol–water partition coefficient (Wildman–Crippen LogP) is 12.1. The van der Waals surface area contributed by atoms with E-state index in [1.54, 1.807) is 0 Å². The monoisotopic (exact) mass is 646 g/mol. The second-order valence-electron chi connectivity index (χ2n) is 13.7. The summed E-state index contributed by atoms with van der Waals surface area (Å²) in [6.45, 7) is 4.13. The molecule has 0 saturated heterocycles. The average Bonchev–Trinajstić information content (AvgIpc) is 3.17. The first-order valence-electron chi connectivity index (χ1n) is 17.8. The number of pyridine rings is 2. The van der Waals surface area contributed by atoms with Crippen LogP contribution in [-0.2, 0) is 0 Å². The van der Waals surface area contributed by atoms with Gasteiger partial charge in [-0.2, -0.15) is 0 Å². The molecule has 0 bridgehead atoms. The molecule has 9 rings (SSSR count). The first kappa shape index (κ1) is 30.3.